The molecule has 0 bridgehead atoms. The highest BCUT2D eigenvalue weighted by Crippen LogP contribution is 2.29. The molecule has 0 radical (unpaired) electrons. The molecule has 2 aliphatic carbocycles. The second-order valence-electron chi connectivity index (χ2n) is 6.45. The number of nitrogens with zero attached hydrogens (tertiary/aromatic N) is 1. The van der Waals surface area contributed by atoms with Gasteiger partial charge in [0, 0.05) is 18.8 Å². The maximum atomic E-state index is 12.1. The van der Waals surface area contributed by atoms with Crippen molar-refractivity contribution in [3.05, 3.63) is 23.9 Å². The number of carbonyl (C=O) groups is 1. The Hall–Kier alpha value is -1.62. The van der Waals surface area contributed by atoms with Crippen LogP contribution in [-0.4, -0.2) is 27.7 Å². The number of pyridine rings is 1. The Morgan fingerprint density at radius 1 is 1.32 bits per heavy atom. The first-order valence-corrected chi connectivity index (χ1v) is 8.28. The van der Waals surface area contributed by atoms with Gasteiger partial charge in [-0.3, -0.25) is 4.79 Å². The van der Waals surface area contributed by atoms with Gasteiger partial charge in [0.2, 0.25) is 5.88 Å². The molecule has 0 atom stereocenters. The molecule has 1 heterocycles. The van der Waals surface area contributed by atoms with E-state index in [1.54, 1.807) is 6.20 Å². The molecule has 1 aromatic rings. The number of rotatable bonds is 5. The normalized spacial score (nSPS) is 21.0. The van der Waals surface area contributed by atoms with E-state index in [1.807, 2.05) is 12.1 Å². The van der Waals surface area contributed by atoms with Gasteiger partial charge in [-0.1, -0.05) is 0 Å². The Bertz CT molecular complexity index is 520. The van der Waals surface area contributed by atoms with Crippen molar-refractivity contribution < 1.29 is 14.6 Å². The SMILES string of the molecule is O=C(NCc1ccnc(OC2CCCC2)c1)C1(O)CCCC1. The molecule has 1 amide bonds. The van der Waals surface area contributed by atoms with E-state index >= 15 is 0 Å². The van der Waals surface area contributed by atoms with Gasteiger partial charge in [-0.15, -0.1) is 0 Å². The van der Waals surface area contributed by atoms with Gasteiger partial charge in [-0.2, -0.15) is 0 Å². The summed E-state index contributed by atoms with van der Waals surface area (Å²) in [5.74, 6) is 0.360. The highest BCUT2D eigenvalue weighted by molar-refractivity contribution is 5.85. The third-order valence-corrected chi connectivity index (χ3v) is 4.70. The van der Waals surface area contributed by atoms with Crippen molar-refractivity contribution in [3.63, 3.8) is 0 Å². The van der Waals surface area contributed by atoms with Crippen molar-refractivity contribution in [1.82, 2.24) is 10.3 Å². The Balaban J connectivity index is 1.54. The Morgan fingerprint density at radius 3 is 2.77 bits per heavy atom. The molecule has 5 nitrogen and oxygen atoms in total. The predicted octanol–water partition coefficient (Wildman–Crippen LogP) is 2.32. The topological polar surface area (TPSA) is 71.5 Å². The minimum Gasteiger partial charge on any atom is -0.474 e. The Morgan fingerprint density at radius 2 is 2.05 bits per heavy atom. The summed E-state index contributed by atoms with van der Waals surface area (Å²) < 4.78 is 5.87. The van der Waals surface area contributed by atoms with Crippen molar-refractivity contribution in [2.75, 3.05) is 0 Å². The Labute approximate surface area is 131 Å². The number of nitrogens with one attached hydrogen (secondary N) is 1. The summed E-state index contributed by atoms with van der Waals surface area (Å²) >= 11 is 0. The fraction of sp³-hybridized carbons (Fsp3) is 0.647. The molecule has 2 aliphatic rings. The summed E-state index contributed by atoms with van der Waals surface area (Å²) in [5, 5.41) is 13.1. The van der Waals surface area contributed by atoms with E-state index in [0.717, 1.165) is 31.2 Å². The van der Waals surface area contributed by atoms with Crippen LogP contribution in [0.1, 0.15) is 56.9 Å². The lowest BCUT2D eigenvalue weighted by Crippen LogP contribution is -2.44. The zero-order valence-electron chi connectivity index (χ0n) is 12.9. The molecule has 0 saturated heterocycles. The minimum absolute atomic E-state index is 0.264. The summed E-state index contributed by atoms with van der Waals surface area (Å²) in [7, 11) is 0. The molecule has 0 spiro atoms. The number of aliphatic hydroxyl groups is 1. The van der Waals surface area contributed by atoms with Crippen LogP contribution in [0.25, 0.3) is 0 Å². The highest BCUT2D eigenvalue weighted by Gasteiger charge is 2.38. The molecule has 2 saturated carbocycles. The van der Waals surface area contributed by atoms with Gasteiger partial charge in [-0.25, -0.2) is 4.98 Å². The van der Waals surface area contributed by atoms with Crippen LogP contribution < -0.4 is 10.1 Å². The second kappa shape index (κ2) is 6.65. The quantitative estimate of drug-likeness (QED) is 0.876. The van der Waals surface area contributed by atoms with Crippen molar-refractivity contribution in [2.24, 2.45) is 0 Å². The van der Waals surface area contributed by atoms with E-state index in [9.17, 15) is 9.90 Å². The fourth-order valence-corrected chi connectivity index (χ4v) is 3.34. The van der Waals surface area contributed by atoms with Crippen LogP contribution in [0.5, 0.6) is 5.88 Å². The van der Waals surface area contributed by atoms with Gasteiger partial charge in [0.05, 0.1) is 0 Å². The molecule has 120 valence electrons. The maximum Gasteiger partial charge on any atom is 0.252 e. The van der Waals surface area contributed by atoms with Gasteiger partial charge in [0.15, 0.2) is 0 Å². The van der Waals surface area contributed by atoms with Gasteiger partial charge < -0.3 is 15.2 Å². The first-order chi connectivity index (χ1) is 10.7. The first kappa shape index (κ1) is 15.3. The molecule has 3 rings (SSSR count). The lowest BCUT2D eigenvalue weighted by Gasteiger charge is -2.21. The molecular weight excluding hydrogens is 280 g/mol. The van der Waals surface area contributed by atoms with E-state index in [0.29, 0.717) is 25.3 Å². The van der Waals surface area contributed by atoms with Crippen LogP contribution >= 0.6 is 0 Å². The number of ether oxygens (including phenoxy) is 1. The standard InChI is InChI=1S/C17H24N2O3/c20-16(17(21)8-3-4-9-17)19-12-13-7-10-18-15(11-13)22-14-5-1-2-6-14/h7,10-11,14,21H,1-6,8-9,12H2,(H,19,20). The smallest absolute Gasteiger partial charge is 0.252 e. The second-order valence-corrected chi connectivity index (χ2v) is 6.45. The number of carbonyl (C=O) groups excluding carboxylic acids is 1. The molecule has 0 unspecified atom stereocenters. The van der Waals surface area contributed by atoms with E-state index in [2.05, 4.69) is 10.3 Å². The third kappa shape index (κ3) is 3.58. The minimum atomic E-state index is -1.17. The third-order valence-electron chi connectivity index (χ3n) is 4.70. The van der Waals surface area contributed by atoms with Crippen molar-refractivity contribution in [2.45, 2.75) is 69.6 Å². The number of amides is 1. The zero-order valence-corrected chi connectivity index (χ0v) is 12.9. The van der Waals surface area contributed by atoms with Crippen molar-refractivity contribution in [1.29, 1.82) is 0 Å². The van der Waals surface area contributed by atoms with Gasteiger partial charge in [-0.05, 0) is 63.0 Å². The monoisotopic (exact) mass is 304 g/mol. The van der Waals surface area contributed by atoms with Crippen LogP contribution in [0.3, 0.4) is 0 Å². The first-order valence-electron chi connectivity index (χ1n) is 8.28. The summed E-state index contributed by atoms with van der Waals surface area (Å²) in [5.41, 5.74) is -0.228. The van der Waals surface area contributed by atoms with E-state index in [-0.39, 0.29) is 12.0 Å². The van der Waals surface area contributed by atoms with Crippen LogP contribution in [0.15, 0.2) is 18.3 Å². The molecule has 1 aromatic heterocycles. The molecule has 0 aromatic carbocycles. The Kier molecular flexibility index (Phi) is 4.62. The average Bonchev–Trinajstić information content (AvgIpc) is 3.18. The van der Waals surface area contributed by atoms with Crippen LogP contribution in [0.2, 0.25) is 0 Å². The maximum absolute atomic E-state index is 12.1. The molecular formula is C17H24N2O3. The summed E-state index contributed by atoms with van der Waals surface area (Å²) in [6.45, 7) is 0.394. The molecule has 2 fully saturated rings. The summed E-state index contributed by atoms with van der Waals surface area (Å²) in [4.78, 5) is 16.3. The van der Waals surface area contributed by atoms with Gasteiger partial charge >= 0.3 is 0 Å². The highest BCUT2D eigenvalue weighted by atomic mass is 16.5. The van der Waals surface area contributed by atoms with Gasteiger partial charge in [0.1, 0.15) is 11.7 Å². The molecule has 22 heavy (non-hydrogen) atoms. The van der Waals surface area contributed by atoms with Crippen molar-refractivity contribution in [3.8, 4) is 5.88 Å². The largest absolute Gasteiger partial charge is 0.474 e. The van der Waals surface area contributed by atoms with Crippen LogP contribution in [-0.2, 0) is 11.3 Å². The lowest BCUT2D eigenvalue weighted by molar-refractivity contribution is -0.139. The summed E-state index contributed by atoms with van der Waals surface area (Å²) in [6.07, 6.45) is 9.56. The molecule has 2 N–H and O–H groups in total. The lowest BCUT2D eigenvalue weighted by atomic mass is 10.0. The molecule has 5 heteroatoms. The number of hydrogen-bond donors (Lipinski definition) is 2. The number of hydrogen-bond acceptors (Lipinski definition) is 4. The van der Waals surface area contributed by atoms with E-state index in [4.69, 9.17) is 4.74 Å². The molecule has 0 aliphatic heterocycles. The van der Waals surface area contributed by atoms with E-state index < -0.39 is 5.60 Å². The van der Waals surface area contributed by atoms with Crippen LogP contribution in [0, 0.1) is 0 Å². The number of aromatic nitrogens is 1. The van der Waals surface area contributed by atoms with Crippen LogP contribution in [0.4, 0.5) is 0 Å². The predicted molar refractivity (Wildman–Crippen MR) is 82.4 cm³/mol. The zero-order chi connectivity index (χ0) is 15.4. The van der Waals surface area contributed by atoms with Gasteiger partial charge in [0.25, 0.3) is 5.91 Å². The average molecular weight is 304 g/mol. The fourth-order valence-electron chi connectivity index (χ4n) is 3.34. The van der Waals surface area contributed by atoms with E-state index in [1.165, 1.54) is 12.8 Å². The summed E-state index contributed by atoms with van der Waals surface area (Å²) in [6, 6.07) is 3.73. The van der Waals surface area contributed by atoms with Crippen molar-refractivity contribution >= 4 is 5.91 Å².